The maximum atomic E-state index is 13.2. The molecule has 0 aliphatic carbocycles. The molecule has 8 nitrogen and oxygen atoms in total. The molecule has 1 amide bonds. The van der Waals surface area contributed by atoms with E-state index in [4.69, 9.17) is 4.52 Å². The number of aromatic nitrogens is 2. The fraction of sp³-hybridized carbons (Fsp3) is 0.381. The van der Waals surface area contributed by atoms with Crippen molar-refractivity contribution in [3.8, 4) is 11.4 Å². The van der Waals surface area contributed by atoms with Crippen molar-refractivity contribution in [2.45, 2.75) is 37.3 Å². The Hall–Kier alpha value is -2.56. The lowest BCUT2D eigenvalue weighted by Crippen LogP contribution is -2.43. The highest BCUT2D eigenvalue weighted by atomic mass is 32.2. The molecule has 3 heterocycles. The number of nitrogens with one attached hydrogen (secondary N) is 1. The third kappa shape index (κ3) is 4.70. The summed E-state index contributed by atoms with van der Waals surface area (Å²) in [6.07, 6.45) is 1.90. The van der Waals surface area contributed by atoms with Crippen LogP contribution >= 0.6 is 11.3 Å². The highest BCUT2D eigenvalue weighted by molar-refractivity contribution is 7.91. The van der Waals surface area contributed by atoms with E-state index in [1.165, 1.54) is 4.31 Å². The van der Waals surface area contributed by atoms with E-state index in [9.17, 15) is 13.2 Å². The van der Waals surface area contributed by atoms with Crippen molar-refractivity contribution in [1.82, 2.24) is 14.4 Å². The van der Waals surface area contributed by atoms with Crippen LogP contribution < -0.4 is 5.32 Å². The predicted octanol–water partition coefficient (Wildman–Crippen LogP) is 3.71. The molecule has 3 aromatic rings. The first-order chi connectivity index (χ1) is 14.9. The van der Waals surface area contributed by atoms with Crippen molar-refractivity contribution in [3.63, 3.8) is 0 Å². The molecule has 1 aromatic carbocycles. The molecule has 10 heteroatoms. The lowest BCUT2D eigenvalue weighted by molar-refractivity contribution is -0.120. The first kappa shape index (κ1) is 21.7. The Bertz CT molecular complexity index is 1170. The Morgan fingerprint density at radius 1 is 1.32 bits per heavy atom. The molecular formula is C21H24N4O4S2. The molecule has 0 bridgehead atoms. The second-order valence-corrected chi connectivity index (χ2v) is 10.7. The van der Waals surface area contributed by atoms with Crippen LogP contribution in [0.5, 0.6) is 0 Å². The zero-order valence-electron chi connectivity index (χ0n) is 17.4. The Morgan fingerprint density at radius 2 is 2.10 bits per heavy atom. The van der Waals surface area contributed by atoms with Gasteiger partial charge in [0.25, 0.3) is 10.0 Å². The SMILES string of the molecule is CCc1nc(-c2csc(S(=O)(=O)N3CCC[C@H](C(=O)Nc4ccc(C)cc4)C3)c2)no1. The summed E-state index contributed by atoms with van der Waals surface area (Å²) < 4.78 is 33.1. The van der Waals surface area contributed by atoms with Crippen molar-refractivity contribution >= 4 is 33.0 Å². The Balaban J connectivity index is 1.47. The van der Waals surface area contributed by atoms with E-state index in [1.54, 1.807) is 11.4 Å². The van der Waals surface area contributed by atoms with Gasteiger partial charge >= 0.3 is 0 Å². The van der Waals surface area contributed by atoms with Gasteiger partial charge in [-0.1, -0.05) is 29.8 Å². The Labute approximate surface area is 185 Å². The maximum absolute atomic E-state index is 13.2. The van der Waals surface area contributed by atoms with Crippen LogP contribution in [0.2, 0.25) is 0 Å². The van der Waals surface area contributed by atoms with Crippen LogP contribution in [0.25, 0.3) is 11.4 Å². The lowest BCUT2D eigenvalue weighted by Gasteiger charge is -2.30. The van der Waals surface area contributed by atoms with Crippen LogP contribution in [0.3, 0.4) is 0 Å². The lowest BCUT2D eigenvalue weighted by atomic mass is 9.98. The van der Waals surface area contributed by atoms with E-state index < -0.39 is 15.9 Å². The van der Waals surface area contributed by atoms with Gasteiger partial charge in [0.1, 0.15) is 4.21 Å². The van der Waals surface area contributed by atoms with Crippen molar-refractivity contribution in [2.24, 2.45) is 5.92 Å². The van der Waals surface area contributed by atoms with Gasteiger partial charge in [-0.2, -0.15) is 9.29 Å². The first-order valence-electron chi connectivity index (χ1n) is 10.2. The minimum Gasteiger partial charge on any atom is -0.339 e. The number of sulfonamides is 1. The number of nitrogens with zero attached hydrogens (tertiary/aromatic N) is 3. The molecule has 0 radical (unpaired) electrons. The Kier molecular flexibility index (Phi) is 6.22. The van der Waals surface area contributed by atoms with E-state index in [-0.39, 0.29) is 16.7 Å². The monoisotopic (exact) mass is 460 g/mol. The van der Waals surface area contributed by atoms with Crippen LogP contribution in [-0.4, -0.2) is 41.9 Å². The molecule has 1 N–H and O–H groups in total. The molecule has 1 aliphatic rings. The number of amides is 1. The van der Waals surface area contributed by atoms with Crippen LogP contribution in [0.1, 0.15) is 31.2 Å². The summed E-state index contributed by atoms with van der Waals surface area (Å²) in [7, 11) is -3.71. The number of anilines is 1. The molecule has 0 spiro atoms. The summed E-state index contributed by atoms with van der Waals surface area (Å²) in [4.78, 5) is 17.0. The summed E-state index contributed by atoms with van der Waals surface area (Å²) in [5, 5.41) is 8.52. The number of hydrogen-bond donors (Lipinski definition) is 1. The standard InChI is InChI=1S/C21H24N4O4S2/c1-3-18-23-20(24-29-18)16-11-19(30-13-16)31(27,28)25-10-4-5-15(12-25)21(26)22-17-8-6-14(2)7-9-17/h6-9,11,13,15H,3-5,10,12H2,1-2H3,(H,22,26)/t15-/m0/s1. The van der Waals surface area contributed by atoms with E-state index in [1.807, 2.05) is 38.1 Å². The fourth-order valence-corrected chi connectivity index (χ4v) is 6.30. The quantitative estimate of drug-likeness (QED) is 0.601. The number of piperidine rings is 1. The molecule has 31 heavy (non-hydrogen) atoms. The number of aryl methyl sites for hydroxylation is 2. The third-order valence-electron chi connectivity index (χ3n) is 5.27. The van der Waals surface area contributed by atoms with Crippen LogP contribution in [0, 0.1) is 12.8 Å². The normalized spacial score (nSPS) is 17.5. The summed E-state index contributed by atoms with van der Waals surface area (Å²) in [6.45, 7) is 4.44. The molecule has 4 rings (SSSR count). The number of carbonyl (C=O) groups excluding carboxylic acids is 1. The van der Waals surface area contributed by atoms with Gasteiger partial charge in [-0.15, -0.1) is 11.3 Å². The minimum absolute atomic E-state index is 0.158. The average molecular weight is 461 g/mol. The molecule has 164 valence electrons. The second-order valence-electron chi connectivity index (χ2n) is 7.58. The first-order valence-corrected chi connectivity index (χ1v) is 12.5. The number of thiophene rings is 1. The molecule has 2 aromatic heterocycles. The zero-order valence-corrected chi connectivity index (χ0v) is 19.0. The maximum Gasteiger partial charge on any atom is 0.252 e. The van der Waals surface area contributed by atoms with Gasteiger partial charge in [-0.3, -0.25) is 4.79 Å². The van der Waals surface area contributed by atoms with Crippen LogP contribution in [-0.2, 0) is 21.2 Å². The fourth-order valence-electron chi connectivity index (χ4n) is 3.47. The second kappa shape index (κ2) is 8.89. The predicted molar refractivity (Wildman–Crippen MR) is 118 cm³/mol. The van der Waals surface area contributed by atoms with Crippen molar-refractivity contribution in [2.75, 3.05) is 18.4 Å². The summed E-state index contributed by atoms with van der Waals surface area (Å²) in [5.41, 5.74) is 2.43. The Morgan fingerprint density at radius 3 is 2.81 bits per heavy atom. The van der Waals surface area contributed by atoms with Crippen molar-refractivity contribution in [3.05, 3.63) is 47.2 Å². The molecular weight excluding hydrogens is 436 g/mol. The number of rotatable bonds is 6. The average Bonchev–Trinajstić information content (AvgIpc) is 3.45. The topological polar surface area (TPSA) is 105 Å². The molecule has 0 unspecified atom stereocenters. The van der Waals surface area contributed by atoms with Crippen LogP contribution in [0.15, 0.2) is 44.4 Å². The largest absolute Gasteiger partial charge is 0.339 e. The smallest absolute Gasteiger partial charge is 0.252 e. The number of carbonyl (C=O) groups is 1. The van der Waals surface area contributed by atoms with Crippen molar-refractivity contribution in [1.29, 1.82) is 0 Å². The highest BCUT2D eigenvalue weighted by Crippen LogP contribution is 2.31. The highest BCUT2D eigenvalue weighted by Gasteiger charge is 2.34. The minimum atomic E-state index is -3.71. The van der Waals surface area contributed by atoms with Gasteiger partial charge in [0.05, 0.1) is 5.92 Å². The van der Waals surface area contributed by atoms with E-state index in [0.717, 1.165) is 16.9 Å². The number of benzene rings is 1. The van der Waals surface area contributed by atoms with Gasteiger partial charge in [-0.25, -0.2) is 8.42 Å². The van der Waals surface area contributed by atoms with Gasteiger partial charge in [-0.05, 0) is 38.0 Å². The van der Waals surface area contributed by atoms with Gasteiger partial charge in [0.15, 0.2) is 0 Å². The molecule has 1 aliphatic heterocycles. The molecule has 1 saturated heterocycles. The summed E-state index contributed by atoms with van der Waals surface area (Å²) in [6, 6.07) is 9.11. The van der Waals surface area contributed by atoms with Gasteiger partial charge < -0.3 is 9.84 Å². The van der Waals surface area contributed by atoms with E-state index >= 15 is 0 Å². The zero-order chi connectivity index (χ0) is 22.0. The van der Waals surface area contributed by atoms with E-state index in [2.05, 4.69) is 15.5 Å². The summed E-state index contributed by atoms with van der Waals surface area (Å²) in [5.74, 6) is 0.329. The molecule has 1 atom stereocenters. The van der Waals surface area contributed by atoms with Crippen molar-refractivity contribution < 1.29 is 17.7 Å². The molecule has 1 fully saturated rings. The van der Waals surface area contributed by atoms with Crippen LogP contribution in [0.4, 0.5) is 5.69 Å². The number of hydrogen-bond acceptors (Lipinski definition) is 7. The third-order valence-corrected chi connectivity index (χ3v) is 8.55. The molecule has 0 saturated carbocycles. The summed E-state index contributed by atoms with van der Waals surface area (Å²) >= 11 is 1.12. The van der Waals surface area contributed by atoms with Gasteiger partial charge in [0, 0.05) is 36.1 Å². The van der Waals surface area contributed by atoms with E-state index in [0.29, 0.717) is 48.8 Å². The van der Waals surface area contributed by atoms with Gasteiger partial charge in [0.2, 0.25) is 17.6 Å².